The smallest absolute Gasteiger partial charge is 0.228 e. The van der Waals surface area contributed by atoms with E-state index in [-0.39, 0.29) is 11.9 Å². The molecule has 162 valence electrons. The zero-order chi connectivity index (χ0) is 21.7. The van der Waals surface area contributed by atoms with Crippen molar-refractivity contribution in [2.24, 2.45) is 0 Å². The van der Waals surface area contributed by atoms with Crippen molar-refractivity contribution in [1.29, 1.82) is 0 Å². The normalized spacial score (nSPS) is 21.6. The molecule has 1 unspecified atom stereocenters. The van der Waals surface area contributed by atoms with E-state index in [0.717, 1.165) is 47.7 Å². The Morgan fingerprint density at radius 2 is 2.06 bits per heavy atom. The molecule has 7 nitrogen and oxygen atoms in total. The van der Waals surface area contributed by atoms with Gasteiger partial charge in [0.2, 0.25) is 5.91 Å². The summed E-state index contributed by atoms with van der Waals surface area (Å²) in [5.74, 6) is 1.75. The third-order valence-electron chi connectivity index (χ3n) is 6.48. The predicted molar refractivity (Wildman–Crippen MR) is 125 cm³/mol. The molecule has 1 saturated carbocycles. The summed E-state index contributed by atoms with van der Waals surface area (Å²) in [5, 5.41) is 14.7. The third kappa shape index (κ3) is 3.53. The molecule has 3 aliphatic rings. The topological polar surface area (TPSA) is 83.4 Å². The highest BCUT2D eigenvalue weighted by molar-refractivity contribution is 5.89. The molecular weight excluding hydrogens is 400 g/mol. The number of aromatic nitrogens is 3. The maximum atomic E-state index is 11.7. The second kappa shape index (κ2) is 7.51. The number of hydrogen-bond acceptors (Lipinski definition) is 5. The first-order valence-electron chi connectivity index (χ1n) is 11.3. The minimum atomic E-state index is -0.0277. The average molecular weight is 427 g/mol. The van der Waals surface area contributed by atoms with Gasteiger partial charge >= 0.3 is 0 Å². The van der Waals surface area contributed by atoms with E-state index in [1.54, 1.807) is 0 Å². The molecule has 2 aromatic heterocycles. The lowest BCUT2D eigenvalue weighted by molar-refractivity contribution is -0.118. The van der Waals surface area contributed by atoms with E-state index in [9.17, 15) is 4.79 Å². The van der Waals surface area contributed by atoms with Crippen molar-refractivity contribution < 1.29 is 4.79 Å². The maximum absolute atomic E-state index is 11.7. The molecule has 2 aliphatic carbocycles. The Bertz CT molecular complexity index is 1270. The van der Waals surface area contributed by atoms with Gasteiger partial charge in [-0.3, -0.25) is 4.79 Å². The quantitative estimate of drug-likeness (QED) is 0.569. The first-order chi connectivity index (χ1) is 15.6. The van der Waals surface area contributed by atoms with E-state index < -0.39 is 0 Å². The van der Waals surface area contributed by atoms with Crippen LogP contribution >= 0.6 is 0 Å². The van der Waals surface area contributed by atoms with Crippen molar-refractivity contribution in [3.05, 3.63) is 71.1 Å². The first kappa shape index (κ1) is 19.1. The van der Waals surface area contributed by atoms with Gasteiger partial charge in [0.15, 0.2) is 5.65 Å². The molecule has 7 heteroatoms. The maximum Gasteiger partial charge on any atom is 0.228 e. The fraction of sp³-hybridized carbons (Fsp3) is 0.320. The Kier molecular flexibility index (Phi) is 4.48. The lowest BCUT2D eigenvalue weighted by Crippen LogP contribution is -2.18. The Hall–Kier alpha value is -3.61. The van der Waals surface area contributed by atoms with Crippen LogP contribution in [0.25, 0.3) is 11.7 Å². The number of nitrogens with one attached hydrogen (secondary N) is 3. The van der Waals surface area contributed by atoms with Gasteiger partial charge in [0.1, 0.15) is 11.6 Å². The van der Waals surface area contributed by atoms with Gasteiger partial charge in [-0.05, 0) is 54.9 Å². The molecule has 2 fully saturated rings. The number of fused-ring (bicyclic) bond motifs is 2. The molecule has 3 N–H and O–H groups in total. The number of benzene rings is 1. The summed E-state index contributed by atoms with van der Waals surface area (Å²) in [6.07, 6.45) is 9.84. The fourth-order valence-corrected chi connectivity index (χ4v) is 4.68. The van der Waals surface area contributed by atoms with Crippen molar-refractivity contribution >= 4 is 29.3 Å². The van der Waals surface area contributed by atoms with Crippen LogP contribution in [0.2, 0.25) is 0 Å². The summed E-state index contributed by atoms with van der Waals surface area (Å²) < 4.78 is 1.86. The minimum Gasteiger partial charge on any atom is -0.367 e. The zero-order valence-electron chi connectivity index (χ0n) is 17.9. The van der Waals surface area contributed by atoms with Crippen LogP contribution in [0.1, 0.15) is 54.8 Å². The van der Waals surface area contributed by atoms with Crippen LogP contribution in [-0.4, -0.2) is 26.5 Å². The van der Waals surface area contributed by atoms with Gasteiger partial charge in [0.25, 0.3) is 0 Å². The van der Waals surface area contributed by atoms with Gasteiger partial charge in [-0.25, -0.2) is 4.98 Å². The largest absolute Gasteiger partial charge is 0.367 e. The van der Waals surface area contributed by atoms with Gasteiger partial charge in [-0.2, -0.15) is 9.61 Å². The molecule has 3 aromatic rings. The van der Waals surface area contributed by atoms with Crippen molar-refractivity contribution in [3.8, 4) is 0 Å². The van der Waals surface area contributed by atoms with E-state index >= 15 is 0 Å². The van der Waals surface area contributed by atoms with Crippen LogP contribution in [0, 0.1) is 0 Å². The second-order valence-electron chi connectivity index (χ2n) is 8.94. The molecule has 1 saturated heterocycles. The fourth-order valence-electron chi connectivity index (χ4n) is 4.68. The summed E-state index contributed by atoms with van der Waals surface area (Å²) in [6.45, 7) is 3.96. The van der Waals surface area contributed by atoms with Gasteiger partial charge in [0.05, 0.1) is 18.7 Å². The van der Waals surface area contributed by atoms with Gasteiger partial charge in [-0.1, -0.05) is 30.8 Å². The molecule has 0 radical (unpaired) electrons. The summed E-state index contributed by atoms with van der Waals surface area (Å²) in [6, 6.07) is 11.5. The van der Waals surface area contributed by atoms with Gasteiger partial charge < -0.3 is 16.0 Å². The van der Waals surface area contributed by atoms with Crippen molar-refractivity contribution in [3.63, 3.8) is 0 Å². The number of nitrogens with zero attached hydrogens (tertiary/aromatic N) is 3. The molecule has 0 bridgehead atoms. The highest BCUT2D eigenvalue weighted by atomic mass is 16.1. The molecule has 3 heterocycles. The number of carbonyl (C=O) groups is 1. The number of anilines is 2. The molecule has 32 heavy (non-hydrogen) atoms. The van der Waals surface area contributed by atoms with Crippen LogP contribution in [0.3, 0.4) is 0 Å². The molecule has 1 amide bonds. The minimum absolute atomic E-state index is 0.0277. The average Bonchev–Trinajstić information content (AvgIpc) is 3.42. The highest BCUT2D eigenvalue weighted by Gasteiger charge is 2.25. The number of amides is 1. The third-order valence-corrected chi connectivity index (χ3v) is 6.48. The number of allylic oxidation sites excluding steroid dienone is 1. The molecule has 0 spiro atoms. The van der Waals surface area contributed by atoms with Gasteiger partial charge in [0, 0.05) is 23.4 Å². The summed E-state index contributed by atoms with van der Waals surface area (Å²) in [5.41, 5.74) is 5.95. The van der Waals surface area contributed by atoms with Crippen molar-refractivity contribution in [2.75, 3.05) is 10.6 Å². The van der Waals surface area contributed by atoms with Crippen molar-refractivity contribution in [1.82, 2.24) is 19.9 Å². The monoisotopic (exact) mass is 426 g/mol. The van der Waals surface area contributed by atoms with E-state index in [2.05, 4.69) is 58.0 Å². The first-order valence-corrected chi connectivity index (χ1v) is 11.3. The van der Waals surface area contributed by atoms with Crippen LogP contribution in [0.5, 0.6) is 0 Å². The number of hydrogen-bond donors (Lipinski definition) is 3. The molecule has 1 aromatic carbocycles. The SMILES string of the molecule is C=C1NC(=O)C/C1=C\c1cnn2c(NC3CC3)cc(NC3CCCc4ccccc43)nc12. The van der Waals surface area contributed by atoms with Crippen LogP contribution in [-0.2, 0) is 11.2 Å². The van der Waals surface area contributed by atoms with Crippen molar-refractivity contribution in [2.45, 2.75) is 50.6 Å². The summed E-state index contributed by atoms with van der Waals surface area (Å²) in [7, 11) is 0. The zero-order valence-corrected chi connectivity index (χ0v) is 17.9. The highest BCUT2D eigenvalue weighted by Crippen LogP contribution is 2.34. The Balaban J connectivity index is 1.40. The number of aryl methyl sites for hydroxylation is 1. The van der Waals surface area contributed by atoms with E-state index in [1.165, 1.54) is 24.0 Å². The molecule has 1 atom stereocenters. The Morgan fingerprint density at radius 3 is 2.88 bits per heavy atom. The standard InChI is InChI=1S/C25H26N6O/c1-15-17(12-24(32)27-15)11-18-14-26-31-23(28-19-9-10-19)13-22(30-25(18)31)29-21-8-4-6-16-5-2-3-7-20(16)21/h2-3,5,7,11,13-14,19,21,28H,1,4,6,8-10,12H2,(H,27,32)(H,29,30)/b17-11+. The lowest BCUT2D eigenvalue weighted by atomic mass is 9.88. The van der Waals surface area contributed by atoms with E-state index in [0.29, 0.717) is 18.2 Å². The van der Waals surface area contributed by atoms with Crippen LogP contribution in [0.4, 0.5) is 11.6 Å². The summed E-state index contributed by atoms with van der Waals surface area (Å²) >= 11 is 0. The van der Waals surface area contributed by atoms with E-state index in [1.807, 2.05) is 16.8 Å². The van der Waals surface area contributed by atoms with Crippen LogP contribution < -0.4 is 16.0 Å². The molecule has 1 aliphatic heterocycles. The predicted octanol–water partition coefficient (Wildman–Crippen LogP) is 4.21. The van der Waals surface area contributed by atoms with E-state index in [4.69, 9.17) is 4.98 Å². The second-order valence-corrected chi connectivity index (χ2v) is 8.94. The Labute approximate surface area is 186 Å². The lowest BCUT2D eigenvalue weighted by Gasteiger charge is -2.27. The molecule has 6 rings (SSSR count). The van der Waals surface area contributed by atoms with Gasteiger partial charge in [-0.15, -0.1) is 0 Å². The Morgan fingerprint density at radius 1 is 1.19 bits per heavy atom. The number of carbonyl (C=O) groups excluding carboxylic acids is 1. The van der Waals surface area contributed by atoms with Crippen LogP contribution in [0.15, 0.2) is 54.4 Å². The number of rotatable bonds is 5. The molecular formula is C25H26N6O. The summed E-state index contributed by atoms with van der Waals surface area (Å²) in [4.78, 5) is 16.7.